The van der Waals surface area contributed by atoms with E-state index in [0.717, 1.165) is 20.3 Å². The highest BCUT2D eigenvalue weighted by molar-refractivity contribution is 14.1. The summed E-state index contributed by atoms with van der Waals surface area (Å²) in [5, 5.41) is 0. The molecule has 1 aliphatic rings. The van der Waals surface area contributed by atoms with Crippen molar-refractivity contribution in [3.63, 3.8) is 0 Å². The van der Waals surface area contributed by atoms with E-state index in [1.54, 1.807) is 6.08 Å². The van der Waals surface area contributed by atoms with Crippen molar-refractivity contribution in [3.05, 3.63) is 98.3 Å². The lowest BCUT2D eigenvalue weighted by atomic mass is 10.0. The number of hydrogen-bond donors (Lipinski definition) is 0. The van der Waals surface area contributed by atoms with Gasteiger partial charge in [-0.1, -0.05) is 50.2 Å². The van der Waals surface area contributed by atoms with Gasteiger partial charge in [-0.05, 0) is 83.0 Å². The molecule has 0 atom stereocenters. The van der Waals surface area contributed by atoms with Gasteiger partial charge in [-0.3, -0.25) is 0 Å². The highest BCUT2D eigenvalue weighted by Gasteiger charge is 2.24. The molecule has 0 saturated carbocycles. The first-order valence-electron chi connectivity index (χ1n) is 11.2. The van der Waals surface area contributed by atoms with Crippen molar-refractivity contribution in [2.75, 3.05) is 6.61 Å². The van der Waals surface area contributed by atoms with Gasteiger partial charge in [0.15, 0.2) is 17.2 Å². The van der Waals surface area contributed by atoms with Crippen LogP contribution in [-0.4, -0.2) is 18.5 Å². The molecule has 0 saturated heterocycles. The Morgan fingerprint density at radius 1 is 1.00 bits per heavy atom. The van der Waals surface area contributed by atoms with E-state index in [-0.39, 0.29) is 5.70 Å². The van der Waals surface area contributed by atoms with Crippen LogP contribution in [0.25, 0.3) is 6.08 Å². The number of nitrogens with zero attached hydrogens (tertiary/aromatic N) is 1. The van der Waals surface area contributed by atoms with Gasteiger partial charge in [0.25, 0.3) is 0 Å². The van der Waals surface area contributed by atoms with Gasteiger partial charge in [-0.2, -0.15) is 0 Å². The van der Waals surface area contributed by atoms with E-state index in [1.807, 2.05) is 73.7 Å². The molecule has 34 heavy (non-hydrogen) atoms. The van der Waals surface area contributed by atoms with Crippen molar-refractivity contribution in [3.8, 4) is 11.5 Å². The van der Waals surface area contributed by atoms with Crippen LogP contribution < -0.4 is 9.47 Å². The minimum Gasteiger partial charge on any atom is -0.490 e. The van der Waals surface area contributed by atoms with E-state index in [9.17, 15) is 4.79 Å². The zero-order chi connectivity index (χ0) is 24.1. The minimum atomic E-state index is -0.472. The fourth-order valence-corrected chi connectivity index (χ4v) is 4.02. The normalized spacial score (nSPS) is 14.3. The van der Waals surface area contributed by atoms with Crippen LogP contribution in [0.3, 0.4) is 0 Å². The second-order valence-corrected chi connectivity index (χ2v) is 9.29. The van der Waals surface area contributed by atoms with E-state index in [4.69, 9.17) is 14.2 Å². The molecular weight excluding hydrogens is 541 g/mol. The maximum absolute atomic E-state index is 12.4. The molecule has 1 heterocycles. The van der Waals surface area contributed by atoms with Crippen molar-refractivity contribution in [1.29, 1.82) is 0 Å². The van der Waals surface area contributed by atoms with E-state index in [0.29, 0.717) is 36.5 Å². The first-order chi connectivity index (χ1) is 16.4. The molecule has 0 fully saturated rings. The Morgan fingerprint density at radius 2 is 1.76 bits per heavy atom. The van der Waals surface area contributed by atoms with Crippen LogP contribution in [0.1, 0.15) is 48.9 Å². The number of benzene rings is 3. The molecule has 4 rings (SSSR count). The van der Waals surface area contributed by atoms with Crippen LogP contribution in [0.2, 0.25) is 0 Å². The lowest BCUT2D eigenvalue weighted by molar-refractivity contribution is -0.129. The van der Waals surface area contributed by atoms with E-state index >= 15 is 0 Å². The third-order valence-electron chi connectivity index (χ3n) is 5.36. The molecule has 3 aromatic carbocycles. The highest BCUT2D eigenvalue weighted by atomic mass is 127. The Kier molecular flexibility index (Phi) is 7.67. The van der Waals surface area contributed by atoms with Crippen LogP contribution in [0.5, 0.6) is 11.5 Å². The average Bonchev–Trinajstić information content (AvgIpc) is 3.20. The molecule has 0 unspecified atom stereocenters. The number of carbonyl (C=O) groups is 1. The Labute approximate surface area is 213 Å². The van der Waals surface area contributed by atoms with Crippen LogP contribution in [0.15, 0.2) is 77.4 Å². The summed E-state index contributed by atoms with van der Waals surface area (Å²) in [5.74, 6) is 1.53. The van der Waals surface area contributed by atoms with E-state index in [1.165, 1.54) is 5.56 Å². The summed E-state index contributed by atoms with van der Waals surface area (Å²) in [6, 6.07) is 21.6. The number of carbonyl (C=O) groups excluding carboxylic acids is 1. The number of cyclic esters (lactones) is 1. The van der Waals surface area contributed by atoms with Crippen LogP contribution >= 0.6 is 22.6 Å². The SMILES string of the molecule is CCOc1cc(/C=C2\N=C(c3ccc(C(C)C)cc3)OC2=O)ccc1OCc1ccccc1I. The molecule has 0 radical (unpaired) electrons. The monoisotopic (exact) mass is 567 g/mol. The molecular formula is C28H26INO4. The Bertz CT molecular complexity index is 1250. The minimum absolute atomic E-state index is 0.248. The van der Waals surface area contributed by atoms with E-state index in [2.05, 4.69) is 41.4 Å². The zero-order valence-electron chi connectivity index (χ0n) is 19.4. The van der Waals surface area contributed by atoms with Crippen LogP contribution in [0, 0.1) is 3.57 Å². The molecule has 0 N–H and O–H groups in total. The first kappa shape index (κ1) is 24.0. The molecule has 6 heteroatoms. The number of esters is 1. The molecule has 0 aliphatic carbocycles. The van der Waals surface area contributed by atoms with Gasteiger partial charge in [-0.25, -0.2) is 9.79 Å². The summed E-state index contributed by atoms with van der Waals surface area (Å²) in [6.07, 6.45) is 1.70. The quantitative estimate of drug-likeness (QED) is 0.172. The smallest absolute Gasteiger partial charge is 0.363 e. The fraction of sp³-hybridized carbons (Fsp3) is 0.214. The third-order valence-corrected chi connectivity index (χ3v) is 6.41. The zero-order valence-corrected chi connectivity index (χ0v) is 21.5. The van der Waals surface area contributed by atoms with Crippen molar-refractivity contribution < 1.29 is 19.0 Å². The summed E-state index contributed by atoms with van der Waals surface area (Å²) in [5.41, 5.74) is 4.12. The highest BCUT2D eigenvalue weighted by Crippen LogP contribution is 2.31. The van der Waals surface area contributed by atoms with Gasteiger partial charge in [0.1, 0.15) is 6.61 Å². The summed E-state index contributed by atoms with van der Waals surface area (Å²) in [6.45, 7) is 7.13. The van der Waals surface area contributed by atoms with E-state index < -0.39 is 5.97 Å². The van der Waals surface area contributed by atoms with Crippen molar-refractivity contribution in [2.45, 2.75) is 33.3 Å². The van der Waals surface area contributed by atoms with Gasteiger partial charge in [0.05, 0.1) is 6.61 Å². The summed E-state index contributed by atoms with van der Waals surface area (Å²) < 4.78 is 18.4. The lowest BCUT2D eigenvalue weighted by Crippen LogP contribution is -2.05. The van der Waals surface area contributed by atoms with Crippen LogP contribution in [0.4, 0.5) is 0 Å². The molecule has 1 aliphatic heterocycles. The van der Waals surface area contributed by atoms with Gasteiger partial charge >= 0.3 is 5.97 Å². The van der Waals surface area contributed by atoms with Crippen LogP contribution in [-0.2, 0) is 16.1 Å². The predicted molar refractivity (Wildman–Crippen MR) is 142 cm³/mol. The first-order valence-corrected chi connectivity index (χ1v) is 12.3. The molecule has 0 spiro atoms. The summed E-state index contributed by atoms with van der Waals surface area (Å²) in [7, 11) is 0. The van der Waals surface area contributed by atoms with Gasteiger partial charge in [0, 0.05) is 14.7 Å². The Hall–Kier alpha value is -3.13. The maximum Gasteiger partial charge on any atom is 0.363 e. The number of aliphatic imine (C=N–C) groups is 1. The molecule has 0 aromatic heterocycles. The lowest BCUT2D eigenvalue weighted by Gasteiger charge is -2.13. The van der Waals surface area contributed by atoms with Crippen molar-refractivity contribution >= 4 is 40.5 Å². The molecule has 3 aromatic rings. The number of hydrogen-bond acceptors (Lipinski definition) is 5. The van der Waals surface area contributed by atoms with Crippen molar-refractivity contribution in [1.82, 2.24) is 0 Å². The third kappa shape index (κ3) is 5.67. The summed E-state index contributed by atoms with van der Waals surface area (Å²) in [4.78, 5) is 16.9. The molecule has 0 amide bonds. The number of rotatable bonds is 8. The maximum atomic E-state index is 12.4. The van der Waals surface area contributed by atoms with Gasteiger partial charge < -0.3 is 14.2 Å². The topological polar surface area (TPSA) is 57.1 Å². The van der Waals surface area contributed by atoms with Gasteiger partial charge in [-0.15, -0.1) is 0 Å². The predicted octanol–water partition coefficient (Wildman–Crippen LogP) is 6.74. The molecule has 5 nitrogen and oxygen atoms in total. The second-order valence-electron chi connectivity index (χ2n) is 8.13. The standard InChI is InChI=1S/C28H26INO4/c1-4-32-26-16-19(9-14-25(26)33-17-22-7-5-6-8-23(22)29)15-24-28(31)34-27(30-24)21-12-10-20(11-13-21)18(2)3/h5-16,18H,4,17H2,1-3H3/b24-15-. The number of ether oxygens (including phenoxy) is 3. The Balaban J connectivity index is 1.55. The van der Waals surface area contributed by atoms with Gasteiger partial charge in [0.2, 0.25) is 5.90 Å². The number of halogens is 1. The fourth-order valence-electron chi connectivity index (χ4n) is 3.47. The summed E-state index contributed by atoms with van der Waals surface area (Å²) >= 11 is 2.30. The largest absolute Gasteiger partial charge is 0.490 e. The Morgan fingerprint density at radius 3 is 2.47 bits per heavy atom. The molecule has 0 bridgehead atoms. The van der Waals surface area contributed by atoms with Crippen molar-refractivity contribution in [2.24, 2.45) is 4.99 Å². The molecule has 174 valence electrons. The second kappa shape index (κ2) is 10.9. The average molecular weight is 567 g/mol.